The average Bonchev–Trinajstić information content (AvgIpc) is 2.38. The number of amides is 1. The fourth-order valence-corrected chi connectivity index (χ4v) is 1.59. The lowest BCUT2D eigenvalue weighted by Crippen LogP contribution is -2.39. The van der Waals surface area contributed by atoms with Crippen molar-refractivity contribution < 1.29 is 4.79 Å². The number of nitrogens with zero attached hydrogens (tertiary/aromatic N) is 2. The number of likely N-dealkylation sites (N-methyl/N-ethyl adjacent to an activating group) is 1. The molecule has 2 N–H and O–H groups in total. The highest BCUT2D eigenvalue weighted by Crippen LogP contribution is 2.15. The van der Waals surface area contributed by atoms with Crippen LogP contribution in [0.3, 0.4) is 0 Å². The molecular weight excluding hydrogens is 268 g/mol. The van der Waals surface area contributed by atoms with Crippen molar-refractivity contribution in [2.45, 2.75) is 26.4 Å². The van der Waals surface area contributed by atoms with E-state index >= 15 is 0 Å². The van der Waals surface area contributed by atoms with Crippen molar-refractivity contribution in [3.8, 4) is 12.3 Å². The smallest absolute Gasteiger partial charge is 0.292 e. The maximum Gasteiger partial charge on any atom is 0.292 e. The van der Waals surface area contributed by atoms with Gasteiger partial charge < -0.3 is 10.6 Å². The summed E-state index contributed by atoms with van der Waals surface area (Å²) in [6.07, 6.45) is 6.45. The zero-order valence-electron chi connectivity index (χ0n) is 10.7. The summed E-state index contributed by atoms with van der Waals surface area (Å²) in [5.41, 5.74) is -0.340. The van der Waals surface area contributed by atoms with Gasteiger partial charge in [0, 0.05) is 6.54 Å². The minimum absolute atomic E-state index is 0.0419. The third-order valence-corrected chi connectivity index (χ3v) is 2.63. The predicted molar refractivity (Wildman–Crippen MR) is 74.1 cm³/mol. The number of anilines is 1. The number of terminal acetylenes is 1. The van der Waals surface area contributed by atoms with Crippen molar-refractivity contribution in [1.29, 1.82) is 0 Å². The van der Waals surface area contributed by atoms with Crippen LogP contribution in [0.15, 0.2) is 11.0 Å². The van der Waals surface area contributed by atoms with Crippen LogP contribution in [0.25, 0.3) is 0 Å². The third-order valence-electron chi connectivity index (χ3n) is 2.34. The van der Waals surface area contributed by atoms with Crippen LogP contribution in [0.2, 0.25) is 5.02 Å². The van der Waals surface area contributed by atoms with E-state index in [4.69, 9.17) is 18.0 Å². The van der Waals surface area contributed by atoms with E-state index in [-0.39, 0.29) is 23.2 Å². The molecule has 0 saturated carbocycles. The van der Waals surface area contributed by atoms with Gasteiger partial charge >= 0.3 is 0 Å². The van der Waals surface area contributed by atoms with Gasteiger partial charge in [0.05, 0.1) is 11.2 Å². The van der Waals surface area contributed by atoms with Gasteiger partial charge in [0.25, 0.3) is 5.56 Å². The minimum atomic E-state index is -0.591. The Hall–Kier alpha value is -2.00. The van der Waals surface area contributed by atoms with Crippen LogP contribution >= 0.6 is 11.6 Å². The molecule has 1 amide bonds. The summed E-state index contributed by atoms with van der Waals surface area (Å²) < 4.78 is 1.10. The average molecular weight is 283 g/mol. The van der Waals surface area contributed by atoms with Gasteiger partial charge in [0.2, 0.25) is 5.91 Å². The zero-order valence-corrected chi connectivity index (χ0v) is 11.5. The van der Waals surface area contributed by atoms with Crippen LogP contribution in [-0.2, 0) is 11.3 Å². The molecular formula is C12H15ClN4O2. The lowest BCUT2D eigenvalue weighted by molar-refractivity contribution is -0.121. The number of nitrogens with one attached hydrogen (secondary N) is 2. The molecule has 0 aliphatic carbocycles. The Balaban J connectivity index is 3.01. The highest BCUT2D eigenvalue weighted by Gasteiger charge is 2.16. The Morgan fingerprint density at radius 1 is 1.68 bits per heavy atom. The molecule has 1 atom stereocenters. The first-order chi connectivity index (χ1) is 9.01. The number of rotatable bonds is 5. The topological polar surface area (TPSA) is 76.0 Å². The standard InChI is InChI=1S/C12H15ClN4O2/c1-4-6-17-12(19)10(9(13)7-15-17)16-8(3)11(18)14-5-2/h1,7-8,16H,5-6H2,2-3H3,(H,14,18). The quantitative estimate of drug-likeness (QED) is 0.770. The molecule has 1 heterocycles. The number of halogens is 1. The third kappa shape index (κ3) is 3.73. The molecule has 7 heteroatoms. The Bertz CT molecular complexity index is 562. The summed E-state index contributed by atoms with van der Waals surface area (Å²) in [5.74, 6) is 2.09. The number of hydrogen-bond donors (Lipinski definition) is 2. The number of aromatic nitrogens is 2. The Kier molecular flexibility index (Phi) is 5.39. The van der Waals surface area contributed by atoms with Crippen molar-refractivity contribution in [2.75, 3.05) is 11.9 Å². The Morgan fingerprint density at radius 2 is 2.37 bits per heavy atom. The van der Waals surface area contributed by atoms with E-state index in [1.54, 1.807) is 6.92 Å². The van der Waals surface area contributed by atoms with Crippen molar-refractivity contribution in [3.05, 3.63) is 21.6 Å². The maximum atomic E-state index is 12.0. The molecule has 0 saturated heterocycles. The zero-order chi connectivity index (χ0) is 14.4. The highest BCUT2D eigenvalue weighted by atomic mass is 35.5. The molecule has 0 fully saturated rings. The van der Waals surface area contributed by atoms with Crippen LogP contribution in [0.4, 0.5) is 5.69 Å². The van der Waals surface area contributed by atoms with Gasteiger partial charge in [-0.15, -0.1) is 6.42 Å². The summed E-state index contributed by atoms with van der Waals surface area (Å²) in [7, 11) is 0. The largest absolute Gasteiger partial charge is 0.368 e. The first-order valence-electron chi connectivity index (χ1n) is 5.74. The SMILES string of the molecule is C#CCn1ncc(Cl)c(NC(C)C(=O)NCC)c1=O. The molecule has 19 heavy (non-hydrogen) atoms. The van der Waals surface area contributed by atoms with Crippen LogP contribution in [0.5, 0.6) is 0 Å². The monoisotopic (exact) mass is 282 g/mol. The molecule has 6 nitrogen and oxygen atoms in total. The van der Waals surface area contributed by atoms with E-state index in [1.165, 1.54) is 6.20 Å². The highest BCUT2D eigenvalue weighted by molar-refractivity contribution is 6.33. The normalized spacial score (nSPS) is 11.5. The van der Waals surface area contributed by atoms with Crippen molar-refractivity contribution in [2.24, 2.45) is 0 Å². The minimum Gasteiger partial charge on any atom is -0.368 e. The van der Waals surface area contributed by atoms with Gasteiger partial charge in [-0.3, -0.25) is 9.59 Å². The van der Waals surface area contributed by atoms with Crippen LogP contribution in [-0.4, -0.2) is 28.3 Å². The van der Waals surface area contributed by atoms with E-state index in [9.17, 15) is 9.59 Å². The molecule has 0 aliphatic heterocycles. The molecule has 102 valence electrons. The van der Waals surface area contributed by atoms with E-state index < -0.39 is 11.6 Å². The second-order valence-electron chi connectivity index (χ2n) is 3.80. The molecule has 0 aliphatic rings. The molecule has 1 unspecified atom stereocenters. The first-order valence-corrected chi connectivity index (χ1v) is 6.12. The van der Waals surface area contributed by atoms with E-state index in [1.807, 2.05) is 6.92 Å². The van der Waals surface area contributed by atoms with Crippen molar-refractivity contribution in [1.82, 2.24) is 15.1 Å². The molecule has 0 radical (unpaired) electrons. The number of hydrogen-bond acceptors (Lipinski definition) is 4. The van der Waals surface area contributed by atoms with Crippen molar-refractivity contribution >= 4 is 23.2 Å². The van der Waals surface area contributed by atoms with Gasteiger partial charge in [0.15, 0.2) is 0 Å². The van der Waals surface area contributed by atoms with E-state index in [2.05, 4.69) is 21.7 Å². The predicted octanol–water partition coefficient (Wildman–Crippen LogP) is 0.466. The lowest BCUT2D eigenvalue weighted by atomic mass is 10.3. The summed E-state index contributed by atoms with van der Waals surface area (Å²) >= 11 is 5.91. The molecule has 1 aromatic heterocycles. The van der Waals surface area contributed by atoms with Gasteiger partial charge in [-0.1, -0.05) is 17.5 Å². The Labute approximate surface area is 116 Å². The second-order valence-corrected chi connectivity index (χ2v) is 4.20. The molecule has 0 bridgehead atoms. The summed E-state index contributed by atoms with van der Waals surface area (Å²) in [4.78, 5) is 23.6. The van der Waals surface area contributed by atoms with Gasteiger partial charge in [0.1, 0.15) is 18.3 Å². The summed E-state index contributed by atoms with van der Waals surface area (Å²) in [5, 5.41) is 9.37. The fourth-order valence-electron chi connectivity index (χ4n) is 1.41. The maximum absolute atomic E-state index is 12.0. The molecule has 1 aromatic rings. The summed E-state index contributed by atoms with van der Waals surface area (Å²) in [6.45, 7) is 3.99. The van der Waals surface area contributed by atoms with Gasteiger partial charge in [-0.25, -0.2) is 4.68 Å². The number of carbonyl (C=O) groups is 1. The fraction of sp³-hybridized carbons (Fsp3) is 0.417. The molecule has 0 spiro atoms. The summed E-state index contributed by atoms with van der Waals surface area (Å²) in [6, 6.07) is -0.591. The first kappa shape index (κ1) is 15.1. The van der Waals surface area contributed by atoms with Gasteiger partial charge in [-0.2, -0.15) is 5.10 Å². The van der Waals surface area contributed by atoms with Crippen molar-refractivity contribution in [3.63, 3.8) is 0 Å². The van der Waals surface area contributed by atoms with Crippen LogP contribution < -0.4 is 16.2 Å². The van der Waals surface area contributed by atoms with E-state index in [0.717, 1.165) is 4.68 Å². The number of carbonyl (C=O) groups excluding carboxylic acids is 1. The van der Waals surface area contributed by atoms with Gasteiger partial charge in [-0.05, 0) is 13.8 Å². The second kappa shape index (κ2) is 6.81. The van der Waals surface area contributed by atoms with Crippen LogP contribution in [0, 0.1) is 12.3 Å². The molecule has 0 aromatic carbocycles. The Morgan fingerprint density at radius 3 is 2.95 bits per heavy atom. The molecule has 1 rings (SSSR count). The van der Waals surface area contributed by atoms with E-state index in [0.29, 0.717) is 6.54 Å². The van der Waals surface area contributed by atoms with Crippen LogP contribution in [0.1, 0.15) is 13.8 Å². The lowest BCUT2D eigenvalue weighted by Gasteiger charge is -2.15.